The van der Waals surface area contributed by atoms with Crippen molar-refractivity contribution < 1.29 is 9.59 Å². The average Bonchev–Trinajstić information content (AvgIpc) is 2.37. The zero-order valence-electron chi connectivity index (χ0n) is 11.7. The molecule has 1 spiro atoms. The molecule has 1 saturated heterocycles. The summed E-state index contributed by atoms with van der Waals surface area (Å²) in [6.45, 7) is 1.96. The van der Waals surface area contributed by atoms with Crippen molar-refractivity contribution in [3.63, 3.8) is 0 Å². The molecular weight excluding hydrogens is 240 g/mol. The van der Waals surface area contributed by atoms with E-state index >= 15 is 0 Å². The Morgan fingerprint density at radius 2 is 1.79 bits per heavy atom. The van der Waals surface area contributed by atoms with Crippen LogP contribution in [0.5, 0.6) is 0 Å². The maximum absolute atomic E-state index is 12.3. The lowest BCUT2D eigenvalue weighted by atomic mass is 9.67. The first-order chi connectivity index (χ1) is 9.12. The molecule has 4 heteroatoms. The Hall–Kier alpha value is -1.37. The Balaban J connectivity index is 2.13. The van der Waals surface area contributed by atoms with Crippen LogP contribution >= 0.6 is 0 Å². The highest BCUT2D eigenvalue weighted by Crippen LogP contribution is 2.45. The predicted octanol–water partition coefficient (Wildman–Crippen LogP) is 2.78. The van der Waals surface area contributed by atoms with E-state index in [0.717, 1.165) is 32.1 Å². The molecular formula is C15H22N2O2. The number of nitrogens with zero attached hydrogens (tertiary/aromatic N) is 2. The van der Waals surface area contributed by atoms with Crippen LogP contribution in [0.25, 0.3) is 0 Å². The van der Waals surface area contributed by atoms with Crippen LogP contribution in [0.3, 0.4) is 0 Å². The van der Waals surface area contributed by atoms with E-state index in [2.05, 4.69) is 6.07 Å². The largest absolute Gasteiger partial charge is 0.274 e. The van der Waals surface area contributed by atoms with Crippen LogP contribution in [0.4, 0.5) is 0 Å². The van der Waals surface area contributed by atoms with Gasteiger partial charge in [0.2, 0.25) is 11.8 Å². The number of piperidine rings is 1. The molecule has 1 aliphatic heterocycles. The molecule has 0 radical (unpaired) electrons. The van der Waals surface area contributed by atoms with E-state index in [1.807, 2.05) is 6.92 Å². The summed E-state index contributed by atoms with van der Waals surface area (Å²) in [7, 11) is 0. The molecule has 0 aromatic carbocycles. The summed E-state index contributed by atoms with van der Waals surface area (Å²) in [6.07, 6.45) is 7.74. The number of imide groups is 1. The van der Waals surface area contributed by atoms with Gasteiger partial charge in [0.15, 0.2) is 0 Å². The minimum absolute atomic E-state index is 0.0882. The summed E-state index contributed by atoms with van der Waals surface area (Å²) in [6, 6.07) is 1.55. The van der Waals surface area contributed by atoms with Gasteiger partial charge in [0.05, 0.1) is 6.07 Å². The van der Waals surface area contributed by atoms with Gasteiger partial charge < -0.3 is 0 Å². The van der Waals surface area contributed by atoms with Crippen LogP contribution in [0.15, 0.2) is 0 Å². The van der Waals surface area contributed by atoms with E-state index in [1.54, 1.807) is 0 Å². The van der Waals surface area contributed by atoms with E-state index < -0.39 is 6.04 Å². The van der Waals surface area contributed by atoms with Crippen molar-refractivity contribution in [1.82, 2.24) is 4.90 Å². The van der Waals surface area contributed by atoms with Crippen LogP contribution in [0.2, 0.25) is 0 Å². The van der Waals surface area contributed by atoms with Crippen molar-refractivity contribution >= 4 is 11.8 Å². The van der Waals surface area contributed by atoms with Crippen LogP contribution in [0.1, 0.15) is 64.7 Å². The molecule has 0 aromatic heterocycles. The monoisotopic (exact) mass is 262 g/mol. The molecule has 2 fully saturated rings. The molecule has 0 bridgehead atoms. The first kappa shape index (κ1) is 14.0. The Morgan fingerprint density at radius 1 is 1.21 bits per heavy atom. The van der Waals surface area contributed by atoms with E-state index in [0.29, 0.717) is 19.3 Å². The Labute approximate surface area is 114 Å². The van der Waals surface area contributed by atoms with Gasteiger partial charge in [0.25, 0.3) is 0 Å². The molecule has 1 atom stereocenters. The maximum atomic E-state index is 12.3. The quantitative estimate of drug-likeness (QED) is 0.735. The smallest absolute Gasteiger partial charge is 0.230 e. The van der Waals surface area contributed by atoms with Gasteiger partial charge >= 0.3 is 0 Å². The van der Waals surface area contributed by atoms with Crippen molar-refractivity contribution in [2.75, 3.05) is 0 Å². The number of amides is 2. The molecule has 0 aromatic rings. The highest BCUT2D eigenvalue weighted by atomic mass is 16.2. The molecule has 1 heterocycles. The van der Waals surface area contributed by atoms with Gasteiger partial charge in [-0.25, -0.2) is 0 Å². The number of likely N-dealkylation sites (tertiary alicyclic amines) is 1. The average molecular weight is 262 g/mol. The van der Waals surface area contributed by atoms with Crippen LogP contribution in [-0.4, -0.2) is 22.8 Å². The number of rotatable bonds is 3. The van der Waals surface area contributed by atoms with Crippen molar-refractivity contribution in [2.24, 2.45) is 5.41 Å². The van der Waals surface area contributed by atoms with Gasteiger partial charge in [-0.3, -0.25) is 14.5 Å². The fourth-order valence-corrected chi connectivity index (χ4v) is 3.54. The topological polar surface area (TPSA) is 61.2 Å². The zero-order chi connectivity index (χ0) is 13.9. The normalized spacial score (nSPS) is 24.3. The fraction of sp³-hybridized carbons (Fsp3) is 0.800. The minimum atomic E-state index is -0.564. The molecule has 1 aliphatic carbocycles. The standard InChI is InChI=1S/C15H22N2O2/c1-2-6-12(11-16)17-13(18)9-15(10-14(17)19)7-4-3-5-8-15/h12H,2-10H2,1H3. The molecule has 1 unspecified atom stereocenters. The fourth-order valence-electron chi connectivity index (χ4n) is 3.54. The SMILES string of the molecule is CCCC(C#N)N1C(=O)CC2(CCCCC2)CC1=O. The molecule has 2 amide bonds. The number of hydrogen-bond acceptors (Lipinski definition) is 3. The lowest BCUT2D eigenvalue weighted by Crippen LogP contribution is -2.52. The number of hydrogen-bond donors (Lipinski definition) is 0. The number of nitriles is 1. The lowest BCUT2D eigenvalue weighted by Gasteiger charge is -2.43. The predicted molar refractivity (Wildman–Crippen MR) is 70.9 cm³/mol. The van der Waals surface area contributed by atoms with Gasteiger partial charge in [0.1, 0.15) is 6.04 Å². The summed E-state index contributed by atoms with van der Waals surface area (Å²) < 4.78 is 0. The second-order valence-electron chi connectivity index (χ2n) is 6.01. The first-order valence-corrected chi connectivity index (χ1v) is 7.36. The van der Waals surface area contributed by atoms with Crippen molar-refractivity contribution in [3.05, 3.63) is 0 Å². The molecule has 19 heavy (non-hydrogen) atoms. The molecule has 104 valence electrons. The first-order valence-electron chi connectivity index (χ1n) is 7.36. The number of carbonyl (C=O) groups excluding carboxylic acids is 2. The van der Waals surface area contributed by atoms with Crippen LogP contribution < -0.4 is 0 Å². The Morgan fingerprint density at radius 3 is 2.26 bits per heavy atom. The third kappa shape index (κ3) is 2.80. The number of carbonyl (C=O) groups is 2. The summed E-state index contributed by atoms with van der Waals surface area (Å²) in [4.78, 5) is 25.9. The highest BCUT2D eigenvalue weighted by Gasteiger charge is 2.45. The van der Waals surface area contributed by atoms with E-state index in [4.69, 9.17) is 5.26 Å². The van der Waals surface area contributed by atoms with Gasteiger partial charge in [-0.2, -0.15) is 5.26 Å². The molecule has 2 aliphatic rings. The summed E-state index contributed by atoms with van der Waals surface area (Å²) in [5, 5.41) is 9.15. The molecule has 2 rings (SSSR count). The Bertz CT molecular complexity index is 385. The maximum Gasteiger partial charge on any atom is 0.230 e. The van der Waals surface area contributed by atoms with Gasteiger partial charge in [0, 0.05) is 12.8 Å². The van der Waals surface area contributed by atoms with E-state index in [9.17, 15) is 9.59 Å². The highest BCUT2D eigenvalue weighted by molar-refractivity contribution is 5.99. The minimum Gasteiger partial charge on any atom is -0.274 e. The Kier molecular flexibility index (Phi) is 4.24. The summed E-state index contributed by atoms with van der Waals surface area (Å²) >= 11 is 0. The summed E-state index contributed by atoms with van der Waals surface area (Å²) in [5.74, 6) is -0.253. The second kappa shape index (κ2) is 5.73. The van der Waals surface area contributed by atoms with Crippen molar-refractivity contribution in [3.8, 4) is 6.07 Å². The van der Waals surface area contributed by atoms with E-state index in [1.165, 1.54) is 11.3 Å². The second-order valence-corrected chi connectivity index (χ2v) is 6.01. The van der Waals surface area contributed by atoms with E-state index in [-0.39, 0.29) is 17.2 Å². The third-order valence-corrected chi connectivity index (χ3v) is 4.53. The van der Waals surface area contributed by atoms with Gasteiger partial charge in [-0.05, 0) is 24.7 Å². The molecule has 0 N–H and O–H groups in total. The van der Waals surface area contributed by atoms with Crippen LogP contribution in [-0.2, 0) is 9.59 Å². The summed E-state index contributed by atoms with van der Waals surface area (Å²) in [5.41, 5.74) is -0.0882. The van der Waals surface area contributed by atoms with Crippen LogP contribution in [0, 0.1) is 16.7 Å². The van der Waals surface area contributed by atoms with Crippen molar-refractivity contribution in [1.29, 1.82) is 5.26 Å². The zero-order valence-corrected chi connectivity index (χ0v) is 11.7. The van der Waals surface area contributed by atoms with Gasteiger partial charge in [-0.1, -0.05) is 32.6 Å². The van der Waals surface area contributed by atoms with Crippen molar-refractivity contribution in [2.45, 2.75) is 70.8 Å². The molecule has 1 saturated carbocycles. The third-order valence-electron chi connectivity index (χ3n) is 4.53. The van der Waals surface area contributed by atoms with Gasteiger partial charge in [-0.15, -0.1) is 0 Å². The lowest BCUT2D eigenvalue weighted by molar-refractivity contribution is -0.156. The molecule has 4 nitrogen and oxygen atoms in total.